The smallest absolute Gasteiger partial charge is 0.249 e. The molecule has 0 spiro atoms. The van der Waals surface area contributed by atoms with Gasteiger partial charge in [-0.25, -0.2) is 0 Å². The number of nitrogens with two attached hydrogens (primary N) is 1. The summed E-state index contributed by atoms with van der Waals surface area (Å²) in [5, 5.41) is 2.78. The van der Waals surface area contributed by atoms with E-state index in [2.05, 4.69) is 5.32 Å². The molecule has 12 heavy (non-hydrogen) atoms. The van der Waals surface area contributed by atoms with E-state index in [1.54, 1.807) is 0 Å². The van der Waals surface area contributed by atoms with E-state index in [0.29, 0.717) is 13.2 Å². The second-order valence-electron chi connectivity index (χ2n) is 3.15. The number of carbonyl (C=O) groups excluding carboxylic acids is 1. The highest BCUT2D eigenvalue weighted by atomic mass is 16.5. The van der Waals surface area contributed by atoms with Crippen LogP contribution in [0.1, 0.15) is 19.8 Å². The van der Waals surface area contributed by atoms with Crippen molar-refractivity contribution in [2.75, 3.05) is 13.2 Å². The van der Waals surface area contributed by atoms with Crippen LogP contribution in [0.15, 0.2) is 0 Å². The summed E-state index contributed by atoms with van der Waals surface area (Å²) in [5.41, 5.74) is 5.36. The fraction of sp³-hybridized carbons (Fsp3) is 0.875. The highest BCUT2D eigenvalue weighted by Crippen LogP contribution is 2.11. The Balaban J connectivity index is 2.27. The summed E-state index contributed by atoms with van der Waals surface area (Å²) < 4.78 is 5.21. The maximum Gasteiger partial charge on any atom is 0.249 e. The van der Waals surface area contributed by atoms with E-state index >= 15 is 0 Å². The number of ether oxygens (including phenoxy) is 1. The van der Waals surface area contributed by atoms with Gasteiger partial charge in [0.05, 0.1) is 0 Å². The van der Waals surface area contributed by atoms with Crippen molar-refractivity contribution in [3.8, 4) is 0 Å². The molecular formula is C8H16N2O2. The van der Waals surface area contributed by atoms with Crippen molar-refractivity contribution in [1.29, 1.82) is 0 Å². The van der Waals surface area contributed by atoms with Crippen LogP contribution >= 0.6 is 0 Å². The predicted molar refractivity (Wildman–Crippen MR) is 45.6 cm³/mol. The Morgan fingerprint density at radius 1 is 1.83 bits per heavy atom. The standard InChI is InChI=1S/C8H16N2O2/c1-6(5-9)10-8(11)7-3-2-4-12-7/h6-7H,2-5,9H2,1H3,(H,10,11). The summed E-state index contributed by atoms with van der Waals surface area (Å²) in [4.78, 5) is 11.3. The van der Waals surface area contributed by atoms with Crippen LogP contribution in [0, 0.1) is 0 Å². The first kappa shape index (κ1) is 9.48. The normalized spacial score (nSPS) is 25.3. The molecule has 0 aromatic rings. The third kappa shape index (κ3) is 2.46. The number of amides is 1. The molecule has 3 N–H and O–H groups in total. The van der Waals surface area contributed by atoms with Crippen LogP contribution in [0.5, 0.6) is 0 Å². The highest BCUT2D eigenvalue weighted by molar-refractivity contribution is 5.81. The number of hydrogen-bond acceptors (Lipinski definition) is 3. The Bertz CT molecular complexity index is 155. The molecule has 1 aliphatic rings. The first-order valence-corrected chi connectivity index (χ1v) is 4.36. The van der Waals surface area contributed by atoms with Crippen molar-refractivity contribution in [3.05, 3.63) is 0 Å². The molecule has 1 saturated heterocycles. The van der Waals surface area contributed by atoms with E-state index in [1.165, 1.54) is 0 Å². The Morgan fingerprint density at radius 2 is 2.58 bits per heavy atom. The minimum absolute atomic E-state index is 0.0227. The fourth-order valence-electron chi connectivity index (χ4n) is 1.18. The molecule has 0 aromatic carbocycles. The summed E-state index contributed by atoms with van der Waals surface area (Å²) in [7, 11) is 0. The SMILES string of the molecule is CC(CN)NC(=O)C1CCCO1. The largest absolute Gasteiger partial charge is 0.368 e. The number of nitrogens with one attached hydrogen (secondary N) is 1. The molecule has 0 saturated carbocycles. The zero-order chi connectivity index (χ0) is 8.97. The van der Waals surface area contributed by atoms with Gasteiger partial charge in [0.15, 0.2) is 0 Å². The monoisotopic (exact) mass is 172 g/mol. The topological polar surface area (TPSA) is 64.3 Å². The zero-order valence-electron chi connectivity index (χ0n) is 7.38. The van der Waals surface area contributed by atoms with Crippen LogP contribution in [0.25, 0.3) is 0 Å². The molecule has 1 aliphatic heterocycles. The number of carbonyl (C=O) groups is 1. The Kier molecular flexibility index (Phi) is 3.49. The summed E-state index contributed by atoms with van der Waals surface area (Å²) in [6, 6.07) is 0.0432. The van der Waals surface area contributed by atoms with Crippen molar-refractivity contribution in [2.24, 2.45) is 5.73 Å². The van der Waals surface area contributed by atoms with Crippen LogP contribution in [-0.4, -0.2) is 31.2 Å². The van der Waals surface area contributed by atoms with Gasteiger partial charge in [-0.05, 0) is 19.8 Å². The van der Waals surface area contributed by atoms with Gasteiger partial charge in [0.2, 0.25) is 5.91 Å². The third-order valence-electron chi connectivity index (χ3n) is 1.96. The van der Waals surface area contributed by atoms with Gasteiger partial charge in [0.1, 0.15) is 6.10 Å². The lowest BCUT2D eigenvalue weighted by Crippen LogP contribution is -2.43. The average molecular weight is 172 g/mol. The molecular weight excluding hydrogens is 156 g/mol. The van der Waals surface area contributed by atoms with Gasteiger partial charge in [0, 0.05) is 19.2 Å². The van der Waals surface area contributed by atoms with Crippen molar-refractivity contribution in [3.63, 3.8) is 0 Å². The van der Waals surface area contributed by atoms with Crippen molar-refractivity contribution < 1.29 is 9.53 Å². The molecule has 0 radical (unpaired) electrons. The summed E-state index contributed by atoms with van der Waals surface area (Å²) >= 11 is 0. The average Bonchev–Trinajstić information content (AvgIpc) is 2.56. The van der Waals surface area contributed by atoms with Crippen LogP contribution in [0.4, 0.5) is 0 Å². The van der Waals surface area contributed by atoms with Crippen LogP contribution in [0.2, 0.25) is 0 Å². The quantitative estimate of drug-likeness (QED) is 0.610. The van der Waals surface area contributed by atoms with Gasteiger partial charge in [-0.15, -0.1) is 0 Å². The van der Waals surface area contributed by atoms with Gasteiger partial charge < -0.3 is 15.8 Å². The molecule has 4 heteroatoms. The predicted octanol–water partition coefficient (Wildman–Crippen LogP) is -0.371. The lowest BCUT2D eigenvalue weighted by Gasteiger charge is -2.14. The maximum atomic E-state index is 11.3. The third-order valence-corrected chi connectivity index (χ3v) is 1.96. The molecule has 1 heterocycles. The fourth-order valence-corrected chi connectivity index (χ4v) is 1.18. The molecule has 0 aromatic heterocycles. The Labute approximate surface area is 72.5 Å². The molecule has 2 unspecified atom stereocenters. The van der Waals surface area contributed by atoms with E-state index in [1.807, 2.05) is 6.92 Å². The van der Waals surface area contributed by atoms with E-state index in [-0.39, 0.29) is 18.1 Å². The van der Waals surface area contributed by atoms with Crippen molar-refractivity contribution >= 4 is 5.91 Å². The lowest BCUT2D eigenvalue weighted by atomic mass is 10.2. The molecule has 0 bridgehead atoms. The number of rotatable bonds is 3. The van der Waals surface area contributed by atoms with Crippen LogP contribution in [-0.2, 0) is 9.53 Å². The molecule has 1 rings (SSSR count). The van der Waals surface area contributed by atoms with E-state index < -0.39 is 0 Å². The molecule has 0 aliphatic carbocycles. The van der Waals surface area contributed by atoms with Gasteiger partial charge in [-0.3, -0.25) is 4.79 Å². The first-order chi connectivity index (χ1) is 5.74. The van der Waals surface area contributed by atoms with Gasteiger partial charge in [0.25, 0.3) is 0 Å². The summed E-state index contributed by atoms with van der Waals surface area (Å²) in [6.07, 6.45) is 1.58. The van der Waals surface area contributed by atoms with Crippen LogP contribution in [0.3, 0.4) is 0 Å². The molecule has 70 valence electrons. The van der Waals surface area contributed by atoms with Crippen LogP contribution < -0.4 is 11.1 Å². The summed E-state index contributed by atoms with van der Waals surface area (Å²) in [5.74, 6) is -0.0227. The van der Waals surface area contributed by atoms with E-state index in [0.717, 1.165) is 12.8 Å². The molecule has 2 atom stereocenters. The number of hydrogen-bond donors (Lipinski definition) is 2. The second-order valence-corrected chi connectivity index (χ2v) is 3.15. The molecule has 1 fully saturated rings. The Morgan fingerprint density at radius 3 is 3.08 bits per heavy atom. The molecule has 4 nitrogen and oxygen atoms in total. The van der Waals surface area contributed by atoms with E-state index in [9.17, 15) is 4.79 Å². The minimum Gasteiger partial charge on any atom is -0.368 e. The van der Waals surface area contributed by atoms with Gasteiger partial charge >= 0.3 is 0 Å². The summed E-state index contributed by atoms with van der Waals surface area (Å²) in [6.45, 7) is 3.06. The van der Waals surface area contributed by atoms with Crippen molar-refractivity contribution in [1.82, 2.24) is 5.32 Å². The first-order valence-electron chi connectivity index (χ1n) is 4.36. The Hall–Kier alpha value is -0.610. The zero-order valence-corrected chi connectivity index (χ0v) is 7.38. The van der Waals surface area contributed by atoms with Gasteiger partial charge in [-0.2, -0.15) is 0 Å². The van der Waals surface area contributed by atoms with Gasteiger partial charge in [-0.1, -0.05) is 0 Å². The highest BCUT2D eigenvalue weighted by Gasteiger charge is 2.23. The second kappa shape index (κ2) is 4.42. The molecule has 1 amide bonds. The minimum atomic E-state index is -0.237. The lowest BCUT2D eigenvalue weighted by molar-refractivity contribution is -0.130. The maximum absolute atomic E-state index is 11.3. The van der Waals surface area contributed by atoms with E-state index in [4.69, 9.17) is 10.5 Å². The van der Waals surface area contributed by atoms with Crippen molar-refractivity contribution in [2.45, 2.75) is 31.9 Å².